The maximum atomic E-state index is 10.3. The van der Waals surface area contributed by atoms with Gasteiger partial charge in [-0.25, -0.2) is 0 Å². The summed E-state index contributed by atoms with van der Waals surface area (Å²) in [6, 6.07) is 0. The lowest BCUT2D eigenvalue weighted by Crippen LogP contribution is -2.34. The lowest BCUT2D eigenvalue weighted by atomic mass is 9.93. The molecule has 3 atom stereocenters. The smallest absolute Gasteiger partial charge is 0.0656 e. The van der Waals surface area contributed by atoms with Crippen molar-refractivity contribution in [2.75, 3.05) is 13.1 Å². The molecule has 1 heterocycles. The van der Waals surface area contributed by atoms with Crippen molar-refractivity contribution in [2.24, 2.45) is 5.92 Å². The van der Waals surface area contributed by atoms with Gasteiger partial charge < -0.3 is 15.2 Å². The maximum absolute atomic E-state index is 10.3. The molecule has 2 N–H and O–H groups in total. The molecule has 0 bridgehead atoms. The molecule has 1 rings (SSSR count). The SMILES string of the molecule is CC(C)CNCCC(C)(O)CC1CCC(C)O1. The summed E-state index contributed by atoms with van der Waals surface area (Å²) in [5.74, 6) is 0.666. The molecule has 102 valence electrons. The molecule has 1 aliphatic rings. The summed E-state index contributed by atoms with van der Waals surface area (Å²) < 4.78 is 5.76. The first-order valence-corrected chi connectivity index (χ1v) is 6.97. The Bertz CT molecular complexity index is 216. The second-order valence-electron chi connectivity index (χ2n) is 6.20. The maximum Gasteiger partial charge on any atom is 0.0656 e. The van der Waals surface area contributed by atoms with E-state index in [9.17, 15) is 5.11 Å². The average molecular weight is 243 g/mol. The Kier molecular flexibility index (Phi) is 5.90. The quantitative estimate of drug-likeness (QED) is 0.674. The monoisotopic (exact) mass is 243 g/mol. The van der Waals surface area contributed by atoms with E-state index in [4.69, 9.17) is 4.74 Å². The number of hydrogen-bond acceptors (Lipinski definition) is 3. The minimum absolute atomic E-state index is 0.255. The number of rotatable bonds is 7. The summed E-state index contributed by atoms with van der Waals surface area (Å²) in [5.41, 5.74) is -0.599. The third-order valence-electron chi connectivity index (χ3n) is 3.38. The molecule has 3 unspecified atom stereocenters. The summed E-state index contributed by atoms with van der Waals surface area (Å²) in [6.45, 7) is 10.3. The van der Waals surface area contributed by atoms with Crippen molar-refractivity contribution in [1.29, 1.82) is 0 Å². The Morgan fingerprint density at radius 1 is 1.41 bits per heavy atom. The first kappa shape index (κ1) is 14.9. The summed E-state index contributed by atoms with van der Waals surface area (Å²) in [7, 11) is 0. The van der Waals surface area contributed by atoms with Gasteiger partial charge in [-0.3, -0.25) is 0 Å². The summed E-state index contributed by atoms with van der Waals surface area (Å²) >= 11 is 0. The van der Waals surface area contributed by atoms with Gasteiger partial charge in [-0.15, -0.1) is 0 Å². The molecule has 0 aliphatic carbocycles. The lowest BCUT2D eigenvalue weighted by molar-refractivity contribution is -0.0276. The zero-order valence-corrected chi connectivity index (χ0v) is 11.8. The molecule has 0 amide bonds. The third-order valence-corrected chi connectivity index (χ3v) is 3.38. The molecule has 0 aromatic rings. The van der Waals surface area contributed by atoms with Crippen molar-refractivity contribution in [3.63, 3.8) is 0 Å². The highest BCUT2D eigenvalue weighted by atomic mass is 16.5. The van der Waals surface area contributed by atoms with Gasteiger partial charge in [0.25, 0.3) is 0 Å². The largest absolute Gasteiger partial charge is 0.390 e. The molecular weight excluding hydrogens is 214 g/mol. The minimum Gasteiger partial charge on any atom is -0.390 e. The summed E-state index contributed by atoms with van der Waals surface area (Å²) in [6.07, 6.45) is 4.41. The lowest BCUT2D eigenvalue weighted by Gasteiger charge is -2.26. The van der Waals surface area contributed by atoms with Gasteiger partial charge in [0.05, 0.1) is 17.8 Å². The molecule has 0 aromatic carbocycles. The van der Waals surface area contributed by atoms with Crippen molar-refractivity contribution in [3.8, 4) is 0 Å². The van der Waals surface area contributed by atoms with Crippen LogP contribution in [0.4, 0.5) is 0 Å². The number of aliphatic hydroxyl groups is 1. The zero-order chi connectivity index (χ0) is 12.9. The van der Waals surface area contributed by atoms with Crippen LogP contribution < -0.4 is 5.32 Å². The van der Waals surface area contributed by atoms with Crippen molar-refractivity contribution in [1.82, 2.24) is 5.32 Å². The van der Waals surface area contributed by atoms with Crippen molar-refractivity contribution >= 4 is 0 Å². The number of ether oxygens (including phenoxy) is 1. The predicted octanol–water partition coefficient (Wildman–Crippen LogP) is 2.33. The van der Waals surface area contributed by atoms with Crippen LogP contribution in [0.2, 0.25) is 0 Å². The van der Waals surface area contributed by atoms with Gasteiger partial charge in [0.2, 0.25) is 0 Å². The molecule has 0 aromatic heterocycles. The van der Waals surface area contributed by atoms with Gasteiger partial charge in [0.15, 0.2) is 0 Å². The highest BCUT2D eigenvalue weighted by molar-refractivity contribution is 4.82. The summed E-state index contributed by atoms with van der Waals surface area (Å²) in [5, 5.41) is 13.7. The summed E-state index contributed by atoms with van der Waals surface area (Å²) in [4.78, 5) is 0. The molecule has 1 saturated heterocycles. The zero-order valence-electron chi connectivity index (χ0n) is 11.8. The van der Waals surface area contributed by atoms with E-state index in [1.54, 1.807) is 0 Å². The number of hydrogen-bond donors (Lipinski definition) is 2. The van der Waals surface area contributed by atoms with E-state index in [2.05, 4.69) is 26.1 Å². The Hall–Kier alpha value is -0.120. The van der Waals surface area contributed by atoms with E-state index >= 15 is 0 Å². The van der Waals surface area contributed by atoms with E-state index in [-0.39, 0.29) is 6.10 Å². The van der Waals surface area contributed by atoms with E-state index in [1.165, 1.54) is 0 Å². The van der Waals surface area contributed by atoms with Gasteiger partial charge in [0.1, 0.15) is 0 Å². The minimum atomic E-state index is -0.599. The van der Waals surface area contributed by atoms with Crippen LogP contribution in [0.15, 0.2) is 0 Å². The molecule has 0 radical (unpaired) electrons. The Morgan fingerprint density at radius 3 is 2.65 bits per heavy atom. The van der Waals surface area contributed by atoms with Crippen LogP contribution in [0, 0.1) is 5.92 Å². The molecule has 1 aliphatic heterocycles. The molecule has 0 spiro atoms. The fourth-order valence-corrected chi connectivity index (χ4v) is 2.38. The van der Waals surface area contributed by atoms with Gasteiger partial charge in [-0.1, -0.05) is 13.8 Å². The second-order valence-corrected chi connectivity index (χ2v) is 6.20. The fourth-order valence-electron chi connectivity index (χ4n) is 2.38. The molecule has 3 nitrogen and oxygen atoms in total. The van der Waals surface area contributed by atoms with Crippen LogP contribution in [0.3, 0.4) is 0 Å². The van der Waals surface area contributed by atoms with Crippen LogP contribution in [0.1, 0.15) is 53.4 Å². The first-order chi connectivity index (χ1) is 7.89. The van der Waals surface area contributed by atoms with E-state index in [0.717, 1.165) is 38.8 Å². The molecule has 17 heavy (non-hydrogen) atoms. The predicted molar refractivity (Wildman–Crippen MR) is 71.1 cm³/mol. The molecule has 3 heteroatoms. The van der Waals surface area contributed by atoms with Crippen LogP contribution in [0.25, 0.3) is 0 Å². The Balaban J connectivity index is 2.16. The Morgan fingerprint density at radius 2 is 2.12 bits per heavy atom. The topological polar surface area (TPSA) is 41.5 Å². The third kappa shape index (κ3) is 6.39. The molecular formula is C14H29NO2. The number of nitrogens with one attached hydrogen (secondary N) is 1. The van der Waals surface area contributed by atoms with Crippen molar-refractivity contribution < 1.29 is 9.84 Å². The second kappa shape index (κ2) is 6.72. The van der Waals surface area contributed by atoms with Gasteiger partial charge in [0, 0.05) is 6.42 Å². The average Bonchev–Trinajstić information content (AvgIpc) is 2.57. The standard InChI is InChI=1S/C14H29NO2/c1-11(2)10-15-8-7-14(4,16)9-13-6-5-12(3)17-13/h11-13,15-16H,5-10H2,1-4H3. The highest BCUT2D eigenvalue weighted by Gasteiger charge is 2.30. The molecule has 0 saturated carbocycles. The van der Waals surface area contributed by atoms with Crippen molar-refractivity contribution in [2.45, 2.75) is 71.2 Å². The van der Waals surface area contributed by atoms with Crippen LogP contribution >= 0.6 is 0 Å². The highest BCUT2D eigenvalue weighted by Crippen LogP contribution is 2.27. The van der Waals surface area contributed by atoms with Gasteiger partial charge >= 0.3 is 0 Å². The van der Waals surface area contributed by atoms with Crippen LogP contribution in [-0.4, -0.2) is 36.0 Å². The van der Waals surface area contributed by atoms with Gasteiger partial charge in [-0.05, 0) is 52.1 Å². The van der Waals surface area contributed by atoms with E-state index in [1.807, 2.05) is 6.92 Å². The first-order valence-electron chi connectivity index (χ1n) is 6.97. The van der Waals surface area contributed by atoms with Crippen molar-refractivity contribution in [3.05, 3.63) is 0 Å². The van der Waals surface area contributed by atoms with E-state index < -0.39 is 5.60 Å². The van der Waals surface area contributed by atoms with Crippen LogP contribution in [-0.2, 0) is 4.74 Å². The molecule has 1 fully saturated rings. The fraction of sp³-hybridized carbons (Fsp3) is 1.00. The van der Waals surface area contributed by atoms with E-state index in [0.29, 0.717) is 12.0 Å². The normalized spacial score (nSPS) is 28.6. The Labute approximate surface area is 106 Å². The van der Waals surface area contributed by atoms with Crippen LogP contribution in [0.5, 0.6) is 0 Å². The van der Waals surface area contributed by atoms with Gasteiger partial charge in [-0.2, -0.15) is 0 Å².